The van der Waals surface area contributed by atoms with Gasteiger partial charge in [0.2, 0.25) is 0 Å². The van der Waals surface area contributed by atoms with Crippen LogP contribution < -0.4 is 11.4 Å². The Kier molecular flexibility index (Phi) is 5.35. The number of primary amides is 1. The van der Waals surface area contributed by atoms with Crippen molar-refractivity contribution in [1.82, 2.24) is 19.3 Å². The first-order valence-corrected chi connectivity index (χ1v) is 10.0. The SMILES string of the molecule is CC(C)c1cc(-c2n[nH]c(=O)n2-c2ccc3c(ccn3CCOC(N)=O)c2)c(O)cc1O. The molecule has 4 rings (SSSR count). The molecule has 10 nitrogen and oxygen atoms in total. The van der Waals surface area contributed by atoms with Gasteiger partial charge >= 0.3 is 11.8 Å². The highest BCUT2D eigenvalue weighted by Gasteiger charge is 2.20. The molecule has 32 heavy (non-hydrogen) atoms. The van der Waals surface area contributed by atoms with Crippen LogP contribution in [0.4, 0.5) is 4.79 Å². The molecule has 0 atom stereocenters. The number of nitrogens with one attached hydrogen (secondary N) is 1. The number of aromatic hydroxyl groups is 2. The molecule has 0 bridgehead atoms. The van der Waals surface area contributed by atoms with E-state index in [0.29, 0.717) is 23.4 Å². The van der Waals surface area contributed by atoms with Crippen molar-refractivity contribution < 1.29 is 19.7 Å². The second-order valence-electron chi connectivity index (χ2n) is 7.69. The first-order chi connectivity index (χ1) is 15.3. The number of carbonyl (C=O) groups excluding carboxylic acids is 1. The predicted molar refractivity (Wildman–Crippen MR) is 118 cm³/mol. The summed E-state index contributed by atoms with van der Waals surface area (Å²) >= 11 is 0. The minimum Gasteiger partial charge on any atom is -0.508 e. The minimum atomic E-state index is -0.825. The lowest BCUT2D eigenvalue weighted by atomic mass is 9.98. The fourth-order valence-electron chi connectivity index (χ4n) is 3.72. The largest absolute Gasteiger partial charge is 0.508 e. The Labute approximate surface area is 182 Å². The van der Waals surface area contributed by atoms with Gasteiger partial charge < -0.3 is 25.3 Å². The van der Waals surface area contributed by atoms with Crippen LogP contribution in [-0.2, 0) is 11.3 Å². The highest BCUT2D eigenvalue weighted by molar-refractivity contribution is 5.83. The molecule has 2 aromatic heterocycles. The number of hydrogen-bond acceptors (Lipinski definition) is 6. The van der Waals surface area contributed by atoms with Gasteiger partial charge in [-0.15, -0.1) is 0 Å². The number of nitrogens with zero attached hydrogens (tertiary/aromatic N) is 3. The van der Waals surface area contributed by atoms with Crippen LogP contribution in [0, 0.1) is 0 Å². The second-order valence-corrected chi connectivity index (χ2v) is 7.69. The number of phenols is 2. The highest BCUT2D eigenvalue weighted by atomic mass is 16.5. The maximum atomic E-state index is 12.6. The highest BCUT2D eigenvalue weighted by Crippen LogP contribution is 2.37. The first-order valence-electron chi connectivity index (χ1n) is 10.0. The number of H-pyrrole nitrogens is 1. The quantitative estimate of drug-likeness (QED) is 0.364. The number of hydrogen-bond donors (Lipinski definition) is 4. The minimum absolute atomic E-state index is 0.00289. The van der Waals surface area contributed by atoms with Crippen LogP contribution in [0.5, 0.6) is 11.5 Å². The molecular formula is C22H23N5O5. The Morgan fingerprint density at radius 1 is 1.19 bits per heavy atom. The zero-order valence-electron chi connectivity index (χ0n) is 17.6. The normalized spacial score (nSPS) is 11.3. The Morgan fingerprint density at radius 2 is 1.97 bits per heavy atom. The number of carbonyl (C=O) groups is 1. The number of aromatic amines is 1. The zero-order chi connectivity index (χ0) is 23.0. The number of ether oxygens (including phenoxy) is 1. The summed E-state index contributed by atoms with van der Waals surface area (Å²) in [4.78, 5) is 23.4. The monoisotopic (exact) mass is 437 g/mol. The molecule has 0 aliphatic carbocycles. The molecule has 0 saturated carbocycles. The summed E-state index contributed by atoms with van der Waals surface area (Å²) in [6.07, 6.45) is 1.02. The number of benzene rings is 2. The smallest absolute Gasteiger partial charge is 0.404 e. The van der Waals surface area contributed by atoms with E-state index in [9.17, 15) is 19.8 Å². The summed E-state index contributed by atoms with van der Waals surface area (Å²) in [6.45, 7) is 4.41. The van der Waals surface area contributed by atoms with Gasteiger partial charge in [-0.1, -0.05) is 13.8 Å². The lowest BCUT2D eigenvalue weighted by Crippen LogP contribution is -2.16. The Bertz CT molecular complexity index is 1370. The molecule has 0 aliphatic rings. The van der Waals surface area contributed by atoms with E-state index in [1.807, 2.05) is 42.8 Å². The van der Waals surface area contributed by atoms with Crippen LogP contribution in [0.2, 0.25) is 0 Å². The fraction of sp³-hybridized carbons (Fsp3) is 0.227. The molecule has 0 spiro atoms. The third-order valence-corrected chi connectivity index (χ3v) is 5.27. The van der Waals surface area contributed by atoms with Crippen molar-refractivity contribution in [2.24, 2.45) is 5.73 Å². The lowest BCUT2D eigenvalue weighted by molar-refractivity contribution is 0.153. The molecular weight excluding hydrogens is 414 g/mol. The third kappa shape index (κ3) is 3.78. The van der Waals surface area contributed by atoms with Gasteiger partial charge in [0.05, 0.1) is 17.8 Å². The summed E-state index contributed by atoms with van der Waals surface area (Å²) < 4.78 is 8.06. The first kappa shape index (κ1) is 21.0. The van der Waals surface area contributed by atoms with E-state index in [-0.39, 0.29) is 29.8 Å². The summed E-state index contributed by atoms with van der Waals surface area (Å²) in [6, 6.07) is 10.2. The number of amides is 1. The lowest BCUT2D eigenvalue weighted by Gasteiger charge is -2.13. The Balaban J connectivity index is 1.76. The molecule has 10 heteroatoms. The summed E-state index contributed by atoms with van der Waals surface area (Å²) in [5.41, 5.74) is 6.92. The maximum absolute atomic E-state index is 12.6. The number of nitrogens with two attached hydrogens (primary N) is 1. The summed E-state index contributed by atoms with van der Waals surface area (Å²) in [5, 5.41) is 28.0. The van der Waals surface area contributed by atoms with Gasteiger partial charge in [0, 0.05) is 23.2 Å². The number of phenolic OH excluding ortho intramolecular Hbond substituents is 2. The second kappa shape index (κ2) is 8.14. The van der Waals surface area contributed by atoms with Crippen LogP contribution in [0.3, 0.4) is 0 Å². The van der Waals surface area contributed by atoms with Crippen molar-refractivity contribution in [3.63, 3.8) is 0 Å². The standard InChI is InChI=1S/C22H23N5O5/c1-12(2)15-10-16(19(29)11-18(15)28)20-24-25-22(31)27(20)14-3-4-17-13(9-14)5-6-26(17)7-8-32-21(23)30/h3-6,9-12,28-29H,7-8H2,1-2H3,(H2,23,30)(H,25,31). The van der Waals surface area contributed by atoms with Crippen molar-refractivity contribution in [2.75, 3.05) is 6.61 Å². The van der Waals surface area contributed by atoms with E-state index >= 15 is 0 Å². The molecule has 5 N–H and O–H groups in total. The average Bonchev–Trinajstić information content (AvgIpc) is 3.30. The summed E-state index contributed by atoms with van der Waals surface area (Å²) in [5.74, 6) is 0.0220. The van der Waals surface area contributed by atoms with E-state index in [2.05, 4.69) is 10.2 Å². The fourth-order valence-corrected chi connectivity index (χ4v) is 3.72. The van der Waals surface area contributed by atoms with Crippen molar-refractivity contribution in [1.29, 1.82) is 0 Å². The van der Waals surface area contributed by atoms with Crippen LogP contribution in [0.25, 0.3) is 28.0 Å². The maximum Gasteiger partial charge on any atom is 0.404 e. The van der Waals surface area contributed by atoms with Crippen molar-refractivity contribution in [2.45, 2.75) is 26.3 Å². The van der Waals surface area contributed by atoms with Gasteiger partial charge in [0.1, 0.15) is 18.1 Å². The molecule has 4 aromatic rings. The average molecular weight is 437 g/mol. The predicted octanol–water partition coefficient (Wildman–Crippen LogP) is 2.81. The van der Waals surface area contributed by atoms with Crippen LogP contribution in [0.1, 0.15) is 25.3 Å². The zero-order valence-corrected chi connectivity index (χ0v) is 17.6. The number of fused-ring (bicyclic) bond motifs is 1. The molecule has 1 amide bonds. The van der Waals surface area contributed by atoms with E-state index in [1.54, 1.807) is 12.1 Å². The molecule has 0 fully saturated rings. The molecule has 0 saturated heterocycles. The molecule has 0 unspecified atom stereocenters. The van der Waals surface area contributed by atoms with Gasteiger partial charge in [-0.05, 0) is 41.8 Å². The van der Waals surface area contributed by atoms with Gasteiger partial charge in [0.25, 0.3) is 0 Å². The molecule has 166 valence electrons. The summed E-state index contributed by atoms with van der Waals surface area (Å²) in [7, 11) is 0. The van der Waals surface area contributed by atoms with Gasteiger partial charge in [0.15, 0.2) is 5.82 Å². The van der Waals surface area contributed by atoms with Gasteiger partial charge in [-0.25, -0.2) is 19.3 Å². The van der Waals surface area contributed by atoms with Crippen LogP contribution in [0.15, 0.2) is 47.4 Å². The molecule has 0 radical (unpaired) electrons. The number of aromatic nitrogens is 4. The molecule has 2 heterocycles. The molecule has 0 aliphatic heterocycles. The van der Waals surface area contributed by atoms with Gasteiger partial charge in [-0.2, -0.15) is 5.10 Å². The van der Waals surface area contributed by atoms with Crippen molar-refractivity contribution in [3.05, 3.63) is 58.6 Å². The topological polar surface area (TPSA) is 148 Å². The number of rotatable bonds is 6. The van der Waals surface area contributed by atoms with E-state index in [1.165, 1.54) is 10.6 Å². The molecule has 2 aromatic carbocycles. The Morgan fingerprint density at radius 3 is 2.69 bits per heavy atom. The van der Waals surface area contributed by atoms with Crippen molar-refractivity contribution in [3.8, 4) is 28.6 Å². The Hall–Kier alpha value is -4.21. The van der Waals surface area contributed by atoms with E-state index in [4.69, 9.17) is 10.5 Å². The van der Waals surface area contributed by atoms with E-state index < -0.39 is 11.8 Å². The van der Waals surface area contributed by atoms with Crippen molar-refractivity contribution >= 4 is 17.0 Å². The third-order valence-electron chi connectivity index (χ3n) is 5.27. The van der Waals surface area contributed by atoms with Crippen LogP contribution >= 0.6 is 0 Å². The van der Waals surface area contributed by atoms with E-state index in [0.717, 1.165) is 10.9 Å². The van der Waals surface area contributed by atoms with Crippen LogP contribution in [-0.4, -0.2) is 42.2 Å². The van der Waals surface area contributed by atoms with Gasteiger partial charge in [-0.3, -0.25) is 0 Å².